The first-order valence-corrected chi connectivity index (χ1v) is 9.13. The van der Waals surface area contributed by atoms with Crippen LogP contribution < -0.4 is 5.56 Å². The van der Waals surface area contributed by atoms with Crippen LogP contribution >= 0.6 is 27.7 Å². The number of benzene rings is 2. The average Bonchev–Trinajstić information content (AvgIpc) is 3.02. The molecule has 0 aliphatic carbocycles. The van der Waals surface area contributed by atoms with Gasteiger partial charge in [-0.25, -0.2) is 0 Å². The lowest BCUT2D eigenvalue weighted by atomic mass is 10.2. The quantitative estimate of drug-likeness (QED) is 0.492. The summed E-state index contributed by atoms with van der Waals surface area (Å²) in [4.78, 5) is 12.4. The molecule has 24 heavy (non-hydrogen) atoms. The molecule has 2 aromatic carbocycles. The van der Waals surface area contributed by atoms with E-state index in [1.807, 2.05) is 40.8 Å². The Labute approximate surface area is 150 Å². The van der Waals surface area contributed by atoms with Crippen molar-refractivity contribution in [2.24, 2.45) is 7.05 Å². The van der Waals surface area contributed by atoms with Crippen molar-refractivity contribution in [3.05, 3.63) is 68.9 Å². The van der Waals surface area contributed by atoms with E-state index in [-0.39, 0.29) is 5.56 Å². The highest BCUT2D eigenvalue weighted by atomic mass is 79.9. The van der Waals surface area contributed by atoms with Crippen LogP contribution in [0.15, 0.2) is 63.0 Å². The fourth-order valence-electron chi connectivity index (χ4n) is 2.68. The van der Waals surface area contributed by atoms with Crippen LogP contribution in [0.4, 0.5) is 0 Å². The summed E-state index contributed by atoms with van der Waals surface area (Å²) in [5.74, 6) is 1.33. The molecular formula is C17H13BrN4OS. The van der Waals surface area contributed by atoms with Gasteiger partial charge in [0.1, 0.15) is 0 Å². The predicted molar refractivity (Wildman–Crippen MR) is 99.4 cm³/mol. The largest absolute Gasteiger partial charge is 0.279 e. The second kappa shape index (κ2) is 6.07. The number of nitrogens with zero attached hydrogens (tertiary/aromatic N) is 4. The van der Waals surface area contributed by atoms with Crippen molar-refractivity contribution < 1.29 is 0 Å². The summed E-state index contributed by atoms with van der Waals surface area (Å²) in [5, 5.41) is 9.93. The Morgan fingerprint density at radius 2 is 1.96 bits per heavy atom. The van der Waals surface area contributed by atoms with E-state index >= 15 is 0 Å². The van der Waals surface area contributed by atoms with Crippen molar-refractivity contribution in [3.63, 3.8) is 0 Å². The number of rotatable bonds is 3. The molecule has 5 nitrogen and oxygen atoms in total. The lowest BCUT2D eigenvalue weighted by molar-refractivity contribution is 0.853. The lowest BCUT2D eigenvalue weighted by Crippen LogP contribution is -2.20. The Balaban J connectivity index is 1.83. The molecule has 0 bridgehead atoms. The van der Waals surface area contributed by atoms with Gasteiger partial charge < -0.3 is 0 Å². The summed E-state index contributed by atoms with van der Waals surface area (Å²) in [6.07, 6.45) is 0. The van der Waals surface area contributed by atoms with E-state index in [4.69, 9.17) is 0 Å². The zero-order valence-corrected chi connectivity index (χ0v) is 15.2. The van der Waals surface area contributed by atoms with Gasteiger partial charge in [-0.05, 0) is 29.8 Å². The molecule has 0 aliphatic heterocycles. The molecule has 4 rings (SSSR count). The fraction of sp³-hybridized carbons (Fsp3) is 0.118. The second-order valence-corrected chi connectivity index (χ2v) is 7.28. The van der Waals surface area contributed by atoms with Crippen LogP contribution in [0.3, 0.4) is 0 Å². The van der Waals surface area contributed by atoms with E-state index in [1.54, 1.807) is 23.4 Å². The molecule has 0 aliphatic rings. The molecule has 0 amide bonds. The van der Waals surface area contributed by atoms with Crippen molar-refractivity contribution in [3.8, 4) is 0 Å². The summed E-state index contributed by atoms with van der Waals surface area (Å²) in [6.45, 7) is 0. The van der Waals surface area contributed by atoms with E-state index < -0.39 is 0 Å². The summed E-state index contributed by atoms with van der Waals surface area (Å²) >= 11 is 5.09. The number of aryl methyl sites for hydroxylation is 1. The minimum absolute atomic E-state index is 0.0611. The number of fused-ring (bicyclic) bond motifs is 3. The number of thioether (sulfide) groups is 1. The molecule has 0 N–H and O–H groups in total. The number of hydrogen-bond donors (Lipinski definition) is 0. The van der Waals surface area contributed by atoms with Crippen molar-refractivity contribution in [1.29, 1.82) is 0 Å². The zero-order chi connectivity index (χ0) is 16.7. The summed E-state index contributed by atoms with van der Waals surface area (Å²) in [5.41, 5.74) is 1.96. The van der Waals surface area contributed by atoms with Gasteiger partial charge in [0.2, 0.25) is 5.78 Å². The third-order valence-corrected chi connectivity index (χ3v) is 5.35. The van der Waals surface area contributed by atoms with E-state index in [9.17, 15) is 4.79 Å². The zero-order valence-electron chi connectivity index (χ0n) is 12.8. The highest BCUT2D eigenvalue weighted by Crippen LogP contribution is 2.25. The Kier molecular flexibility index (Phi) is 3.90. The highest BCUT2D eigenvalue weighted by Gasteiger charge is 2.14. The predicted octanol–water partition coefficient (Wildman–Crippen LogP) is 3.64. The molecule has 120 valence electrons. The second-order valence-electron chi connectivity index (χ2n) is 5.42. The van der Waals surface area contributed by atoms with Gasteiger partial charge in [-0.1, -0.05) is 52.0 Å². The van der Waals surface area contributed by atoms with E-state index in [0.29, 0.717) is 11.2 Å². The monoisotopic (exact) mass is 400 g/mol. The number of para-hydroxylation sites is 1. The molecule has 0 spiro atoms. The topological polar surface area (TPSA) is 52.2 Å². The molecule has 7 heteroatoms. The summed E-state index contributed by atoms with van der Waals surface area (Å²) in [6, 6.07) is 15.7. The van der Waals surface area contributed by atoms with E-state index in [1.165, 1.54) is 5.56 Å². The van der Waals surface area contributed by atoms with Crippen LogP contribution in [-0.4, -0.2) is 19.2 Å². The molecule has 4 aromatic rings. The summed E-state index contributed by atoms with van der Waals surface area (Å²) < 4.78 is 4.54. The maximum absolute atomic E-state index is 12.4. The van der Waals surface area contributed by atoms with Gasteiger partial charge in [0.25, 0.3) is 5.56 Å². The Hall–Kier alpha value is -2.12. The normalized spacial score (nSPS) is 11.4. The van der Waals surface area contributed by atoms with Crippen LogP contribution in [0.2, 0.25) is 0 Å². The first-order valence-electron chi connectivity index (χ1n) is 7.35. The van der Waals surface area contributed by atoms with Gasteiger partial charge in [-0.3, -0.25) is 13.8 Å². The summed E-state index contributed by atoms with van der Waals surface area (Å²) in [7, 11) is 1.72. The minimum atomic E-state index is -0.0611. The SMILES string of the molecule is Cn1c(=O)c2ccccc2n2c(SCc3cccc(Br)c3)nnc12. The van der Waals surface area contributed by atoms with Crippen molar-refractivity contribution in [2.75, 3.05) is 0 Å². The Bertz CT molecular complexity index is 1120. The van der Waals surface area contributed by atoms with Gasteiger partial charge in [0.15, 0.2) is 5.16 Å². The highest BCUT2D eigenvalue weighted by molar-refractivity contribution is 9.10. The molecule has 2 heterocycles. The fourth-order valence-corrected chi connectivity index (χ4v) is 4.01. The van der Waals surface area contributed by atoms with Crippen molar-refractivity contribution >= 4 is 44.4 Å². The van der Waals surface area contributed by atoms with Crippen LogP contribution in [0, 0.1) is 0 Å². The Morgan fingerprint density at radius 1 is 1.12 bits per heavy atom. The average molecular weight is 401 g/mol. The van der Waals surface area contributed by atoms with Gasteiger partial charge >= 0.3 is 0 Å². The molecule has 2 aromatic heterocycles. The van der Waals surface area contributed by atoms with Crippen molar-refractivity contribution in [2.45, 2.75) is 10.9 Å². The van der Waals surface area contributed by atoms with Gasteiger partial charge in [0.05, 0.1) is 10.9 Å². The minimum Gasteiger partial charge on any atom is -0.279 e. The first-order chi connectivity index (χ1) is 11.6. The lowest BCUT2D eigenvalue weighted by Gasteiger charge is -2.07. The number of hydrogen-bond acceptors (Lipinski definition) is 4. The van der Waals surface area contributed by atoms with Crippen LogP contribution in [0.25, 0.3) is 16.7 Å². The number of aromatic nitrogens is 4. The molecule has 0 radical (unpaired) electrons. The molecule has 0 fully saturated rings. The maximum Gasteiger partial charge on any atom is 0.262 e. The molecule has 0 atom stereocenters. The molecule has 0 saturated carbocycles. The number of halogens is 1. The molecule has 0 unspecified atom stereocenters. The third-order valence-electron chi connectivity index (χ3n) is 3.85. The van der Waals surface area contributed by atoms with Gasteiger partial charge in [0, 0.05) is 17.3 Å². The van der Waals surface area contributed by atoms with E-state index in [2.05, 4.69) is 38.3 Å². The maximum atomic E-state index is 12.4. The third kappa shape index (κ3) is 2.53. The van der Waals surface area contributed by atoms with Gasteiger partial charge in [-0.15, -0.1) is 10.2 Å². The van der Waals surface area contributed by atoms with Crippen molar-refractivity contribution in [1.82, 2.24) is 19.2 Å². The Morgan fingerprint density at radius 3 is 2.79 bits per heavy atom. The smallest absolute Gasteiger partial charge is 0.262 e. The standard InChI is InChI=1S/C17H13BrN4OS/c1-21-15(23)13-7-2-3-8-14(13)22-16(21)19-20-17(22)24-10-11-5-4-6-12(18)9-11/h2-9H,10H2,1H3. The van der Waals surface area contributed by atoms with Crippen LogP contribution in [-0.2, 0) is 12.8 Å². The molecule has 0 saturated heterocycles. The van der Waals surface area contributed by atoms with E-state index in [0.717, 1.165) is 20.9 Å². The van der Waals surface area contributed by atoms with Crippen LogP contribution in [0.5, 0.6) is 0 Å². The molecular weight excluding hydrogens is 388 g/mol. The van der Waals surface area contributed by atoms with Gasteiger partial charge in [-0.2, -0.15) is 0 Å². The van der Waals surface area contributed by atoms with Crippen LogP contribution in [0.1, 0.15) is 5.56 Å². The first kappa shape index (κ1) is 15.4.